The standard InChI is InChI=1S/C25H37NO4/c1-24(2,3)30-23-14-26-8-6-17-9-22(29-15-25-7-5-16(12-25)13-25)21(28-4)10-18(17)19(26)11-20(23)27/h9-10,16,19-20,23,27H,5-8,11-15H2,1-4H3. The Kier molecular flexibility index (Phi) is 5.07. The lowest BCUT2D eigenvalue weighted by atomic mass is 9.70. The van der Waals surface area contributed by atoms with E-state index in [9.17, 15) is 5.11 Å². The number of methoxy groups -OCH3 is 1. The van der Waals surface area contributed by atoms with Crippen LogP contribution in [-0.2, 0) is 11.2 Å². The van der Waals surface area contributed by atoms with Crippen LogP contribution in [0.25, 0.3) is 0 Å². The molecule has 2 aliphatic heterocycles. The van der Waals surface area contributed by atoms with Crippen LogP contribution in [0.3, 0.4) is 0 Å². The molecule has 1 N–H and O–H groups in total. The summed E-state index contributed by atoms with van der Waals surface area (Å²) in [5.41, 5.74) is 2.80. The predicted molar refractivity (Wildman–Crippen MR) is 116 cm³/mol. The molecule has 1 aromatic rings. The summed E-state index contributed by atoms with van der Waals surface area (Å²) in [7, 11) is 1.73. The predicted octanol–water partition coefficient (Wildman–Crippen LogP) is 4.11. The number of hydrogen-bond acceptors (Lipinski definition) is 5. The lowest BCUT2D eigenvalue weighted by molar-refractivity contribution is -0.149. The second-order valence-corrected chi connectivity index (χ2v) is 11.1. The number of piperidine rings is 1. The Hall–Kier alpha value is -1.30. The van der Waals surface area contributed by atoms with Crippen LogP contribution in [0.15, 0.2) is 12.1 Å². The third-order valence-corrected chi connectivity index (χ3v) is 7.77. The van der Waals surface area contributed by atoms with E-state index in [1.54, 1.807) is 7.11 Å². The summed E-state index contributed by atoms with van der Waals surface area (Å²) in [4.78, 5) is 2.47. The zero-order chi connectivity index (χ0) is 21.1. The normalized spacial score (nSPS) is 35.4. The summed E-state index contributed by atoms with van der Waals surface area (Å²) in [6.45, 7) is 8.74. The van der Waals surface area contributed by atoms with E-state index in [0.717, 1.165) is 43.5 Å². The van der Waals surface area contributed by atoms with Crippen molar-refractivity contribution in [1.82, 2.24) is 4.90 Å². The van der Waals surface area contributed by atoms with Crippen molar-refractivity contribution in [3.63, 3.8) is 0 Å². The van der Waals surface area contributed by atoms with Crippen molar-refractivity contribution in [2.45, 2.75) is 83.1 Å². The average Bonchev–Trinajstić information content (AvgIpc) is 3.26. The fraction of sp³-hybridized carbons (Fsp3) is 0.760. The smallest absolute Gasteiger partial charge is 0.161 e. The molecule has 0 aromatic heterocycles. The number of rotatable bonds is 5. The van der Waals surface area contributed by atoms with Gasteiger partial charge >= 0.3 is 0 Å². The highest BCUT2D eigenvalue weighted by Gasteiger charge is 2.50. The van der Waals surface area contributed by atoms with Gasteiger partial charge in [-0.05, 0) is 88.5 Å². The molecule has 1 aromatic carbocycles. The first-order chi connectivity index (χ1) is 14.3. The number of ether oxygens (including phenoxy) is 3. The van der Waals surface area contributed by atoms with Crippen molar-refractivity contribution < 1.29 is 19.3 Å². The highest BCUT2D eigenvalue weighted by molar-refractivity contribution is 5.50. The maximum Gasteiger partial charge on any atom is 0.161 e. The Labute approximate surface area is 180 Å². The third kappa shape index (κ3) is 3.74. The van der Waals surface area contributed by atoms with Crippen molar-refractivity contribution in [1.29, 1.82) is 0 Å². The molecule has 6 rings (SSSR count). The minimum atomic E-state index is -0.452. The van der Waals surface area contributed by atoms with E-state index >= 15 is 0 Å². The van der Waals surface area contributed by atoms with Crippen molar-refractivity contribution >= 4 is 0 Å². The molecule has 2 heterocycles. The lowest BCUT2D eigenvalue weighted by Gasteiger charge is -2.47. The minimum absolute atomic E-state index is 0.135. The Morgan fingerprint density at radius 2 is 2.00 bits per heavy atom. The van der Waals surface area contributed by atoms with E-state index in [1.165, 1.54) is 36.8 Å². The molecule has 3 aliphatic carbocycles. The SMILES string of the molecule is COc1cc2c(cc1OCC13CCC(C1)C3)CCN1CC(OC(C)(C)C)C(O)CC21. The molecule has 5 heteroatoms. The van der Waals surface area contributed by atoms with E-state index in [1.807, 2.05) is 0 Å². The summed E-state index contributed by atoms with van der Waals surface area (Å²) >= 11 is 0. The molecule has 3 unspecified atom stereocenters. The Morgan fingerprint density at radius 3 is 2.67 bits per heavy atom. The topological polar surface area (TPSA) is 51.2 Å². The van der Waals surface area contributed by atoms with Gasteiger partial charge in [0.1, 0.15) is 0 Å². The number of aliphatic hydroxyl groups is 1. The summed E-state index contributed by atoms with van der Waals surface area (Å²) in [5, 5.41) is 10.8. The van der Waals surface area contributed by atoms with Crippen LogP contribution in [-0.4, -0.2) is 54.6 Å². The average molecular weight is 416 g/mol. The van der Waals surface area contributed by atoms with Gasteiger partial charge in [0.15, 0.2) is 11.5 Å². The van der Waals surface area contributed by atoms with Crippen molar-refractivity contribution in [3.8, 4) is 11.5 Å². The van der Waals surface area contributed by atoms with Crippen LogP contribution >= 0.6 is 0 Å². The van der Waals surface area contributed by atoms with E-state index in [0.29, 0.717) is 11.8 Å². The van der Waals surface area contributed by atoms with Gasteiger partial charge in [-0.15, -0.1) is 0 Å². The van der Waals surface area contributed by atoms with Crippen molar-refractivity contribution in [2.24, 2.45) is 11.3 Å². The van der Waals surface area contributed by atoms with Crippen molar-refractivity contribution in [2.75, 3.05) is 26.8 Å². The molecule has 1 saturated heterocycles. The molecule has 3 saturated carbocycles. The molecule has 2 bridgehead atoms. The number of benzene rings is 1. The fourth-order valence-electron chi connectivity index (χ4n) is 6.34. The molecular weight excluding hydrogens is 378 g/mol. The van der Waals surface area contributed by atoms with Gasteiger partial charge in [0, 0.05) is 24.5 Å². The molecule has 0 spiro atoms. The first kappa shape index (κ1) is 20.6. The molecule has 5 aliphatic rings. The number of nitrogens with zero attached hydrogens (tertiary/aromatic N) is 1. The molecule has 4 fully saturated rings. The molecule has 0 amide bonds. The minimum Gasteiger partial charge on any atom is -0.493 e. The summed E-state index contributed by atoms with van der Waals surface area (Å²) in [6, 6.07) is 4.58. The van der Waals surface area contributed by atoms with Crippen LogP contribution in [0.2, 0.25) is 0 Å². The summed E-state index contributed by atoms with van der Waals surface area (Å²) in [5.74, 6) is 2.66. The first-order valence-electron chi connectivity index (χ1n) is 11.7. The molecular formula is C25H37NO4. The highest BCUT2D eigenvalue weighted by atomic mass is 16.5. The van der Waals surface area contributed by atoms with Crippen LogP contribution in [0.5, 0.6) is 11.5 Å². The van der Waals surface area contributed by atoms with Gasteiger partial charge < -0.3 is 19.3 Å². The van der Waals surface area contributed by atoms with Crippen LogP contribution in [0, 0.1) is 11.3 Å². The number of aliphatic hydroxyl groups excluding tert-OH is 1. The van der Waals surface area contributed by atoms with E-state index in [-0.39, 0.29) is 17.7 Å². The Morgan fingerprint density at radius 1 is 1.20 bits per heavy atom. The van der Waals surface area contributed by atoms with Gasteiger partial charge in [0.05, 0.1) is 31.5 Å². The third-order valence-electron chi connectivity index (χ3n) is 7.77. The second kappa shape index (κ2) is 7.39. The van der Waals surface area contributed by atoms with Gasteiger partial charge in [0.25, 0.3) is 0 Å². The first-order valence-corrected chi connectivity index (χ1v) is 11.7. The maximum absolute atomic E-state index is 10.8. The van der Waals surface area contributed by atoms with Gasteiger partial charge in [-0.1, -0.05) is 0 Å². The second-order valence-electron chi connectivity index (χ2n) is 11.1. The lowest BCUT2D eigenvalue weighted by Crippen LogP contribution is -2.53. The fourth-order valence-corrected chi connectivity index (χ4v) is 6.34. The molecule has 30 heavy (non-hydrogen) atoms. The monoisotopic (exact) mass is 415 g/mol. The van der Waals surface area contributed by atoms with Crippen molar-refractivity contribution in [3.05, 3.63) is 23.3 Å². The maximum atomic E-state index is 10.8. The quantitative estimate of drug-likeness (QED) is 0.784. The number of fused-ring (bicyclic) bond motifs is 4. The highest BCUT2D eigenvalue weighted by Crippen LogP contribution is 2.59. The summed E-state index contributed by atoms with van der Waals surface area (Å²) < 4.78 is 18.2. The summed E-state index contributed by atoms with van der Waals surface area (Å²) in [6.07, 6.45) is 6.48. The number of hydrogen-bond donors (Lipinski definition) is 1. The molecule has 3 atom stereocenters. The Bertz CT molecular complexity index is 790. The largest absolute Gasteiger partial charge is 0.493 e. The Balaban J connectivity index is 1.33. The molecule has 5 nitrogen and oxygen atoms in total. The molecule has 0 radical (unpaired) electrons. The van der Waals surface area contributed by atoms with E-state index in [2.05, 4.69) is 37.8 Å². The zero-order valence-electron chi connectivity index (χ0n) is 18.9. The van der Waals surface area contributed by atoms with Crippen LogP contribution in [0.4, 0.5) is 0 Å². The van der Waals surface area contributed by atoms with Crippen LogP contribution < -0.4 is 9.47 Å². The zero-order valence-corrected chi connectivity index (χ0v) is 18.9. The van der Waals surface area contributed by atoms with Gasteiger partial charge in [0.2, 0.25) is 0 Å². The van der Waals surface area contributed by atoms with Gasteiger partial charge in [-0.3, -0.25) is 4.90 Å². The van der Waals surface area contributed by atoms with Gasteiger partial charge in [-0.25, -0.2) is 0 Å². The van der Waals surface area contributed by atoms with Gasteiger partial charge in [-0.2, -0.15) is 0 Å². The van der Waals surface area contributed by atoms with E-state index < -0.39 is 6.10 Å². The van der Waals surface area contributed by atoms with E-state index in [4.69, 9.17) is 14.2 Å². The van der Waals surface area contributed by atoms with Crippen LogP contribution in [0.1, 0.15) is 70.0 Å². The molecule has 166 valence electrons.